The average Bonchev–Trinajstić information content (AvgIpc) is 3.45. The Kier molecular flexibility index (Phi) is 8.10. The van der Waals surface area contributed by atoms with Crippen LogP contribution in [-0.4, -0.2) is 0 Å². The van der Waals surface area contributed by atoms with E-state index in [-0.39, 0.29) is 5.41 Å². The zero-order valence-corrected chi connectivity index (χ0v) is 30.2. The third kappa shape index (κ3) is 5.74. The smallest absolute Gasteiger partial charge is 0.0159 e. The first-order valence-corrected chi connectivity index (χ1v) is 18.5. The minimum Gasteiger partial charge on any atom is -0.0984 e. The molecule has 0 atom stereocenters. The van der Waals surface area contributed by atoms with Crippen LogP contribution in [0, 0.1) is 0 Å². The van der Waals surface area contributed by atoms with Crippen LogP contribution in [0.25, 0.3) is 77.7 Å². The van der Waals surface area contributed by atoms with Gasteiger partial charge in [-0.1, -0.05) is 190 Å². The molecule has 0 unspecified atom stereocenters. The molecule has 0 aliphatic heterocycles. The molecule has 0 nitrogen and oxygen atoms in total. The van der Waals surface area contributed by atoms with Crippen molar-refractivity contribution in [3.8, 4) is 44.5 Å². The Hall–Kier alpha value is -6.50. The number of rotatable bonds is 7. The van der Waals surface area contributed by atoms with Crippen molar-refractivity contribution in [2.75, 3.05) is 0 Å². The molecule has 0 aromatic heterocycles. The lowest BCUT2D eigenvalue weighted by molar-refractivity contribution is 0.660. The first-order chi connectivity index (χ1) is 26.0. The minimum atomic E-state index is -0.0154. The predicted molar refractivity (Wildman–Crippen MR) is 229 cm³/mol. The van der Waals surface area contributed by atoms with Gasteiger partial charge in [-0.25, -0.2) is 0 Å². The average molecular weight is 677 g/mol. The van der Waals surface area contributed by atoms with Crippen LogP contribution in [0.4, 0.5) is 0 Å². The molecule has 252 valence electrons. The van der Waals surface area contributed by atoms with E-state index < -0.39 is 0 Å². The summed E-state index contributed by atoms with van der Waals surface area (Å²) in [6, 6.07) is 61.9. The summed E-state index contributed by atoms with van der Waals surface area (Å²) in [6.07, 6.45) is 8.53. The van der Waals surface area contributed by atoms with Gasteiger partial charge in [-0.2, -0.15) is 0 Å². The zero-order valence-electron chi connectivity index (χ0n) is 30.2. The monoisotopic (exact) mass is 676 g/mol. The number of hydrogen-bond acceptors (Lipinski definition) is 0. The van der Waals surface area contributed by atoms with Crippen LogP contribution in [0.15, 0.2) is 195 Å². The normalized spacial score (nSPS) is 13.4. The Morgan fingerprint density at radius 2 is 1.11 bits per heavy atom. The topological polar surface area (TPSA) is 0 Å². The summed E-state index contributed by atoms with van der Waals surface area (Å²) in [6.45, 7) is 8.88. The molecular formula is C53H40. The first kappa shape index (κ1) is 32.4. The van der Waals surface area contributed by atoms with Crippen molar-refractivity contribution in [1.82, 2.24) is 0 Å². The van der Waals surface area contributed by atoms with E-state index in [1.165, 1.54) is 82.7 Å². The summed E-state index contributed by atoms with van der Waals surface area (Å²) in [5, 5.41) is 4.92. The molecule has 9 rings (SSSR count). The minimum absolute atomic E-state index is 0.0154. The largest absolute Gasteiger partial charge is 0.0984 e. The summed E-state index contributed by atoms with van der Waals surface area (Å²) in [5.41, 5.74) is 16.3. The second-order valence-electron chi connectivity index (χ2n) is 14.6. The third-order valence-electron chi connectivity index (χ3n) is 11.1. The second-order valence-corrected chi connectivity index (χ2v) is 14.6. The van der Waals surface area contributed by atoms with E-state index in [0.717, 1.165) is 11.1 Å². The van der Waals surface area contributed by atoms with Crippen LogP contribution in [0.5, 0.6) is 0 Å². The van der Waals surface area contributed by atoms with E-state index >= 15 is 0 Å². The fraction of sp³-hybridized carbons (Fsp3) is 0.0566. The Morgan fingerprint density at radius 3 is 1.91 bits per heavy atom. The molecular weight excluding hydrogens is 637 g/mol. The van der Waals surface area contributed by atoms with Crippen LogP contribution in [-0.2, 0) is 5.41 Å². The molecule has 0 saturated heterocycles. The van der Waals surface area contributed by atoms with Crippen molar-refractivity contribution in [2.45, 2.75) is 19.3 Å². The van der Waals surface area contributed by atoms with Gasteiger partial charge in [0.25, 0.3) is 0 Å². The molecule has 0 bridgehead atoms. The van der Waals surface area contributed by atoms with Gasteiger partial charge in [0, 0.05) is 5.41 Å². The molecule has 53 heavy (non-hydrogen) atoms. The summed E-state index contributed by atoms with van der Waals surface area (Å²) in [5.74, 6) is 0. The quantitative estimate of drug-likeness (QED) is 0.147. The SMILES string of the molecule is C=CC(=CC=Cc1cc(-c2ccccc2)c(-c2ccccc2)c2ccccc12)c1ccc2cc(-c3ccc4c(c3)C(C)(C)c3ccccc3-4)ccc2c1. The molecule has 0 heteroatoms. The highest BCUT2D eigenvalue weighted by Gasteiger charge is 2.35. The Balaban J connectivity index is 1.05. The van der Waals surface area contributed by atoms with Gasteiger partial charge in [-0.15, -0.1) is 0 Å². The van der Waals surface area contributed by atoms with Crippen LogP contribution in [0.1, 0.15) is 36.1 Å². The number of benzene rings is 8. The highest BCUT2D eigenvalue weighted by atomic mass is 14.4. The Morgan fingerprint density at radius 1 is 0.491 bits per heavy atom. The first-order valence-electron chi connectivity index (χ1n) is 18.5. The molecule has 0 radical (unpaired) electrons. The van der Waals surface area contributed by atoms with Crippen molar-refractivity contribution in [3.63, 3.8) is 0 Å². The standard InChI is InChI=1S/C53H40/c1-4-36(20-15-21-44-34-49(37-16-7-5-8-17-37)52(38-18-9-6-10-19-38)48-24-12-11-22-45(44)48)39-26-27-41-33-42(29-28-40(41)32-39)43-30-31-47-46-23-13-14-25-50(46)53(2,3)51(47)35-43/h4-35H,1H2,2-3H3. The molecule has 1 aliphatic rings. The van der Waals surface area contributed by atoms with Crippen molar-refractivity contribution < 1.29 is 0 Å². The number of fused-ring (bicyclic) bond motifs is 5. The summed E-state index contributed by atoms with van der Waals surface area (Å²) in [7, 11) is 0. The van der Waals surface area contributed by atoms with Crippen LogP contribution >= 0.6 is 0 Å². The molecule has 0 heterocycles. The fourth-order valence-electron chi connectivity index (χ4n) is 8.33. The molecule has 0 amide bonds. The molecule has 0 fully saturated rings. The van der Waals surface area contributed by atoms with E-state index in [2.05, 4.69) is 209 Å². The molecule has 0 spiro atoms. The lowest BCUT2D eigenvalue weighted by Gasteiger charge is -2.22. The second kappa shape index (κ2) is 13.2. The van der Waals surface area contributed by atoms with Crippen molar-refractivity contribution in [3.05, 3.63) is 217 Å². The van der Waals surface area contributed by atoms with Gasteiger partial charge in [0.2, 0.25) is 0 Å². The third-order valence-corrected chi connectivity index (χ3v) is 11.1. The van der Waals surface area contributed by atoms with Crippen molar-refractivity contribution in [1.29, 1.82) is 0 Å². The maximum absolute atomic E-state index is 4.20. The highest BCUT2D eigenvalue weighted by Crippen LogP contribution is 2.49. The lowest BCUT2D eigenvalue weighted by Crippen LogP contribution is -2.14. The molecule has 0 saturated carbocycles. The van der Waals surface area contributed by atoms with Gasteiger partial charge >= 0.3 is 0 Å². The Bertz CT molecular complexity index is 2740. The van der Waals surface area contributed by atoms with E-state index in [1.54, 1.807) is 0 Å². The highest BCUT2D eigenvalue weighted by molar-refractivity contribution is 6.07. The van der Waals surface area contributed by atoms with Gasteiger partial charge in [0.1, 0.15) is 0 Å². The molecule has 8 aromatic rings. The predicted octanol–water partition coefficient (Wildman–Crippen LogP) is 14.6. The van der Waals surface area contributed by atoms with Crippen molar-refractivity contribution >= 4 is 33.2 Å². The fourth-order valence-corrected chi connectivity index (χ4v) is 8.33. The van der Waals surface area contributed by atoms with Gasteiger partial charge in [-0.05, 0) is 118 Å². The van der Waals surface area contributed by atoms with E-state index in [4.69, 9.17) is 0 Å². The van der Waals surface area contributed by atoms with Gasteiger partial charge in [0.15, 0.2) is 0 Å². The van der Waals surface area contributed by atoms with Crippen molar-refractivity contribution in [2.24, 2.45) is 0 Å². The lowest BCUT2D eigenvalue weighted by atomic mass is 9.81. The molecule has 0 N–H and O–H groups in total. The van der Waals surface area contributed by atoms with Gasteiger partial charge < -0.3 is 0 Å². The maximum Gasteiger partial charge on any atom is 0.0159 e. The van der Waals surface area contributed by atoms with E-state index in [0.29, 0.717) is 0 Å². The summed E-state index contributed by atoms with van der Waals surface area (Å²) < 4.78 is 0. The maximum atomic E-state index is 4.20. The van der Waals surface area contributed by atoms with E-state index in [1.807, 2.05) is 6.08 Å². The van der Waals surface area contributed by atoms with Crippen LogP contribution in [0.3, 0.4) is 0 Å². The number of hydrogen-bond donors (Lipinski definition) is 0. The summed E-state index contributed by atoms with van der Waals surface area (Å²) >= 11 is 0. The zero-order chi connectivity index (χ0) is 35.9. The van der Waals surface area contributed by atoms with Gasteiger partial charge in [0.05, 0.1) is 0 Å². The molecule has 8 aromatic carbocycles. The van der Waals surface area contributed by atoms with Gasteiger partial charge in [-0.3, -0.25) is 0 Å². The van der Waals surface area contributed by atoms with Crippen LogP contribution in [0.2, 0.25) is 0 Å². The van der Waals surface area contributed by atoms with Crippen LogP contribution < -0.4 is 0 Å². The Labute approximate surface area is 312 Å². The summed E-state index contributed by atoms with van der Waals surface area (Å²) in [4.78, 5) is 0. The van der Waals surface area contributed by atoms with E-state index in [9.17, 15) is 0 Å². The molecule has 1 aliphatic carbocycles. The number of allylic oxidation sites excluding steroid dienone is 4.